The summed E-state index contributed by atoms with van der Waals surface area (Å²) in [6.45, 7) is 0.0775. The van der Waals surface area contributed by atoms with Crippen LogP contribution in [-0.2, 0) is 11.0 Å². The van der Waals surface area contributed by atoms with Crippen LogP contribution in [0.1, 0.15) is 15.9 Å². The van der Waals surface area contributed by atoms with Crippen molar-refractivity contribution in [2.24, 2.45) is 11.8 Å². The lowest BCUT2D eigenvalue weighted by molar-refractivity contribution is -0.137. The maximum atomic E-state index is 12.5. The summed E-state index contributed by atoms with van der Waals surface area (Å²) in [4.78, 5) is 25.5. The second-order valence-electron chi connectivity index (χ2n) is 5.45. The molecule has 0 aromatic heterocycles. The van der Waals surface area contributed by atoms with Crippen molar-refractivity contribution in [2.75, 3.05) is 26.7 Å². The van der Waals surface area contributed by atoms with E-state index in [1.54, 1.807) is 0 Å². The first-order valence-electron chi connectivity index (χ1n) is 7.07. The minimum atomic E-state index is -4.46. The maximum absolute atomic E-state index is 12.5. The molecule has 1 aliphatic heterocycles. The molecule has 0 radical (unpaired) electrons. The van der Waals surface area contributed by atoms with Crippen molar-refractivity contribution in [1.82, 2.24) is 10.2 Å². The number of alkyl halides is 3. The fraction of sp³-hybridized carbons (Fsp3) is 0.467. The van der Waals surface area contributed by atoms with Crippen LogP contribution in [0.4, 0.5) is 13.2 Å². The van der Waals surface area contributed by atoms with Crippen LogP contribution in [-0.4, -0.2) is 48.6 Å². The highest BCUT2D eigenvalue weighted by atomic mass is 19.4. The number of nitrogens with zero attached hydrogens (tertiary/aromatic N) is 1. The van der Waals surface area contributed by atoms with Crippen LogP contribution in [0.25, 0.3) is 0 Å². The molecule has 0 aliphatic carbocycles. The van der Waals surface area contributed by atoms with Crippen LogP contribution in [0.15, 0.2) is 24.3 Å². The van der Waals surface area contributed by atoms with Gasteiger partial charge in [0.05, 0.1) is 11.5 Å². The van der Waals surface area contributed by atoms with Gasteiger partial charge in [-0.05, 0) is 24.3 Å². The molecular weight excluding hydrogens is 313 g/mol. The lowest BCUT2D eigenvalue weighted by Gasteiger charge is -2.16. The minimum Gasteiger partial charge on any atom is -0.396 e. The average molecular weight is 330 g/mol. The molecule has 0 spiro atoms. The molecule has 8 heteroatoms. The van der Waals surface area contributed by atoms with Crippen molar-refractivity contribution < 1.29 is 27.9 Å². The Balaban J connectivity index is 2.13. The Labute approximate surface area is 131 Å². The zero-order valence-electron chi connectivity index (χ0n) is 12.4. The number of amides is 2. The number of rotatable bonds is 3. The van der Waals surface area contributed by atoms with Gasteiger partial charge in [-0.15, -0.1) is 0 Å². The van der Waals surface area contributed by atoms with Gasteiger partial charge in [-0.25, -0.2) is 0 Å². The Bertz CT molecular complexity index is 587. The van der Waals surface area contributed by atoms with Gasteiger partial charge in [0.25, 0.3) is 5.91 Å². The second kappa shape index (κ2) is 6.57. The Kier molecular flexibility index (Phi) is 4.93. The van der Waals surface area contributed by atoms with E-state index in [4.69, 9.17) is 0 Å². The van der Waals surface area contributed by atoms with E-state index in [9.17, 15) is 27.9 Å². The lowest BCUT2D eigenvalue weighted by atomic mass is 9.96. The third-order valence-corrected chi connectivity index (χ3v) is 4.01. The van der Waals surface area contributed by atoms with Gasteiger partial charge < -0.3 is 15.3 Å². The molecule has 0 bridgehead atoms. The van der Waals surface area contributed by atoms with Gasteiger partial charge in [0.2, 0.25) is 5.91 Å². The molecule has 2 N–H and O–H groups in total. The average Bonchev–Trinajstić information content (AvgIpc) is 2.97. The number of aliphatic hydroxyl groups is 1. The largest absolute Gasteiger partial charge is 0.416 e. The van der Waals surface area contributed by atoms with Gasteiger partial charge in [0.15, 0.2) is 0 Å². The highest BCUT2D eigenvalue weighted by Crippen LogP contribution is 2.30. The lowest BCUT2D eigenvalue weighted by Crippen LogP contribution is -2.34. The molecule has 1 aromatic rings. The SMILES string of the molecule is CNC(=O)[C@@H]1CN(C(=O)c2ccc(C(F)(F)F)cc2)C[C@H]1CO. The van der Waals surface area contributed by atoms with Crippen molar-refractivity contribution in [2.45, 2.75) is 6.18 Å². The van der Waals surface area contributed by atoms with Gasteiger partial charge in [-0.3, -0.25) is 9.59 Å². The number of aliphatic hydroxyl groups excluding tert-OH is 1. The number of nitrogens with one attached hydrogen (secondary N) is 1. The fourth-order valence-electron chi connectivity index (χ4n) is 2.69. The first kappa shape index (κ1) is 17.3. The summed E-state index contributed by atoms with van der Waals surface area (Å²) in [6.07, 6.45) is -4.46. The quantitative estimate of drug-likeness (QED) is 0.873. The summed E-state index contributed by atoms with van der Waals surface area (Å²) < 4.78 is 37.6. The summed E-state index contributed by atoms with van der Waals surface area (Å²) in [5, 5.41) is 11.8. The third-order valence-electron chi connectivity index (χ3n) is 4.01. The van der Waals surface area contributed by atoms with E-state index in [0.29, 0.717) is 0 Å². The van der Waals surface area contributed by atoms with Gasteiger partial charge in [0.1, 0.15) is 0 Å². The summed E-state index contributed by atoms with van der Waals surface area (Å²) in [5.74, 6) is -1.63. The van der Waals surface area contributed by atoms with Crippen LogP contribution in [0.2, 0.25) is 0 Å². The minimum absolute atomic E-state index is 0.118. The highest BCUT2D eigenvalue weighted by Gasteiger charge is 2.39. The first-order valence-corrected chi connectivity index (χ1v) is 7.07. The van der Waals surface area contributed by atoms with Crippen molar-refractivity contribution in [1.29, 1.82) is 0 Å². The molecular formula is C15H17F3N2O3. The molecule has 1 aliphatic rings. The summed E-state index contributed by atoms with van der Waals surface area (Å²) in [7, 11) is 1.47. The van der Waals surface area contributed by atoms with E-state index >= 15 is 0 Å². The zero-order chi connectivity index (χ0) is 17.2. The van der Waals surface area contributed by atoms with Crippen LogP contribution in [0.5, 0.6) is 0 Å². The number of likely N-dealkylation sites (tertiary alicyclic amines) is 1. The molecule has 2 atom stereocenters. The smallest absolute Gasteiger partial charge is 0.396 e. The topological polar surface area (TPSA) is 69.6 Å². The van der Waals surface area contributed by atoms with Crippen LogP contribution < -0.4 is 5.32 Å². The molecule has 5 nitrogen and oxygen atoms in total. The van der Waals surface area contributed by atoms with E-state index in [1.807, 2.05) is 0 Å². The molecule has 0 saturated carbocycles. The van der Waals surface area contributed by atoms with E-state index in [-0.39, 0.29) is 37.1 Å². The monoisotopic (exact) mass is 330 g/mol. The molecule has 23 heavy (non-hydrogen) atoms. The van der Waals surface area contributed by atoms with E-state index < -0.39 is 23.6 Å². The predicted octanol–water partition coefficient (Wildman–Crippen LogP) is 1.13. The Morgan fingerprint density at radius 3 is 2.35 bits per heavy atom. The molecule has 2 amide bonds. The number of carbonyl (C=O) groups is 2. The van der Waals surface area contributed by atoms with Crippen molar-refractivity contribution >= 4 is 11.8 Å². The van der Waals surface area contributed by atoms with Gasteiger partial charge in [-0.2, -0.15) is 13.2 Å². The molecule has 1 fully saturated rings. The number of halogens is 3. The van der Waals surface area contributed by atoms with E-state index in [1.165, 1.54) is 11.9 Å². The third kappa shape index (κ3) is 3.64. The van der Waals surface area contributed by atoms with Crippen molar-refractivity contribution in [3.63, 3.8) is 0 Å². The van der Waals surface area contributed by atoms with Crippen molar-refractivity contribution in [3.05, 3.63) is 35.4 Å². The molecule has 1 aromatic carbocycles. The van der Waals surface area contributed by atoms with Gasteiger partial charge in [-0.1, -0.05) is 0 Å². The molecule has 126 valence electrons. The normalized spacial score (nSPS) is 21.3. The Hall–Kier alpha value is -2.09. The highest BCUT2D eigenvalue weighted by molar-refractivity contribution is 5.95. The fourth-order valence-corrected chi connectivity index (χ4v) is 2.69. The predicted molar refractivity (Wildman–Crippen MR) is 75.5 cm³/mol. The molecule has 2 rings (SSSR count). The standard InChI is InChI=1S/C15H17F3N2O3/c1-19-13(22)12-7-20(6-10(12)8-21)14(23)9-2-4-11(5-3-9)15(16,17)18/h2-5,10,12,21H,6-8H2,1H3,(H,19,22)/t10-,12+/m0/s1. The number of hydrogen-bond acceptors (Lipinski definition) is 3. The van der Waals surface area contributed by atoms with E-state index in [0.717, 1.165) is 24.3 Å². The van der Waals surface area contributed by atoms with Gasteiger partial charge >= 0.3 is 6.18 Å². The number of hydrogen-bond donors (Lipinski definition) is 2. The molecule has 1 saturated heterocycles. The summed E-state index contributed by atoms with van der Waals surface area (Å²) >= 11 is 0. The first-order chi connectivity index (χ1) is 10.8. The number of carbonyl (C=O) groups excluding carboxylic acids is 2. The summed E-state index contributed by atoms with van der Waals surface area (Å²) in [6, 6.07) is 3.94. The Morgan fingerprint density at radius 1 is 1.26 bits per heavy atom. The van der Waals surface area contributed by atoms with Crippen LogP contribution in [0.3, 0.4) is 0 Å². The van der Waals surface area contributed by atoms with Crippen LogP contribution in [0, 0.1) is 11.8 Å². The number of benzene rings is 1. The second-order valence-corrected chi connectivity index (χ2v) is 5.45. The van der Waals surface area contributed by atoms with Crippen LogP contribution >= 0.6 is 0 Å². The van der Waals surface area contributed by atoms with Gasteiger partial charge in [0, 0.05) is 38.2 Å². The molecule has 0 unspecified atom stereocenters. The van der Waals surface area contributed by atoms with Crippen molar-refractivity contribution in [3.8, 4) is 0 Å². The molecule has 1 heterocycles. The summed E-state index contributed by atoms with van der Waals surface area (Å²) in [5.41, 5.74) is -0.709. The zero-order valence-corrected chi connectivity index (χ0v) is 12.4. The maximum Gasteiger partial charge on any atom is 0.416 e. The van der Waals surface area contributed by atoms with E-state index in [2.05, 4.69) is 5.32 Å². The Morgan fingerprint density at radius 2 is 1.87 bits per heavy atom.